The molecule has 2 aliphatic carbocycles. The summed E-state index contributed by atoms with van der Waals surface area (Å²) >= 11 is 3.56. The van der Waals surface area contributed by atoms with Crippen LogP contribution >= 0.6 is 15.9 Å². The molecule has 2 fully saturated rings. The number of hydrogen-bond acceptors (Lipinski definition) is 1. The Morgan fingerprint density at radius 1 is 1.33 bits per heavy atom. The molecule has 2 aliphatic rings. The highest BCUT2D eigenvalue weighted by Crippen LogP contribution is 2.54. The van der Waals surface area contributed by atoms with E-state index in [9.17, 15) is 5.11 Å². The Morgan fingerprint density at radius 2 is 2.11 bits per heavy atom. The number of fused-ring (bicyclic) bond motifs is 1. The van der Waals surface area contributed by atoms with Gasteiger partial charge in [0.25, 0.3) is 0 Å². The second-order valence-corrected chi connectivity index (χ2v) is 4.24. The van der Waals surface area contributed by atoms with Crippen LogP contribution in [0, 0.1) is 11.8 Å². The van der Waals surface area contributed by atoms with Crippen molar-refractivity contribution in [2.45, 2.75) is 30.2 Å². The molecular weight excluding hydrogens is 180 g/mol. The molecule has 1 N–H and O–H groups in total. The summed E-state index contributed by atoms with van der Waals surface area (Å²) in [5.41, 5.74) is 0. The van der Waals surface area contributed by atoms with Crippen molar-refractivity contribution >= 4 is 15.9 Å². The molecule has 0 spiro atoms. The van der Waals surface area contributed by atoms with E-state index in [-0.39, 0.29) is 6.10 Å². The van der Waals surface area contributed by atoms with Crippen LogP contribution in [-0.4, -0.2) is 16.0 Å². The van der Waals surface area contributed by atoms with Gasteiger partial charge in [-0.25, -0.2) is 0 Å². The van der Waals surface area contributed by atoms with Crippen LogP contribution in [0.3, 0.4) is 0 Å². The van der Waals surface area contributed by atoms with Crippen molar-refractivity contribution in [1.82, 2.24) is 0 Å². The Labute approximate surface area is 63.6 Å². The molecule has 4 atom stereocenters. The third-order valence-electron chi connectivity index (χ3n) is 2.61. The molecule has 0 heterocycles. The predicted molar refractivity (Wildman–Crippen MR) is 39.6 cm³/mol. The number of rotatable bonds is 0. The molecular formula is C7H11BrO. The molecule has 2 rings (SSSR count). The van der Waals surface area contributed by atoms with E-state index in [1.165, 1.54) is 12.8 Å². The van der Waals surface area contributed by atoms with E-state index >= 15 is 0 Å². The van der Waals surface area contributed by atoms with Crippen molar-refractivity contribution in [2.75, 3.05) is 0 Å². The first-order chi connectivity index (χ1) is 4.30. The number of aliphatic hydroxyl groups is 1. The van der Waals surface area contributed by atoms with Crippen LogP contribution in [-0.2, 0) is 0 Å². The van der Waals surface area contributed by atoms with Crippen LogP contribution in [0.4, 0.5) is 0 Å². The first-order valence-electron chi connectivity index (χ1n) is 3.63. The van der Waals surface area contributed by atoms with Crippen LogP contribution < -0.4 is 0 Å². The van der Waals surface area contributed by atoms with Gasteiger partial charge in [0.1, 0.15) is 0 Å². The first-order valence-corrected chi connectivity index (χ1v) is 4.54. The first kappa shape index (κ1) is 6.17. The zero-order valence-electron chi connectivity index (χ0n) is 5.26. The normalized spacial score (nSPS) is 56.7. The molecule has 2 saturated carbocycles. The lowest BCUT2D eigenvalue weighted by Crippen LogP contribution is -2.14. The van der Waals surface area contributed by atoms with Crippen molar-refractivity contribution in [3.63, 3.8) is 0 Å². The van der Waals surface area contributed by atoms with Crippen LogP contribution in [0.5, 0.6) is 0 Å². The second kappa shape index (κ2) is 1.96. The van der Waals surface area contributed by atoms with Crippen LogP contribution in [0.2, 0.25) is 0 Å². The average molecular weight is 191 g/mol. The molecule has 0 unspecified atom stereocenters. The SMILES string of the molecule is O[C@H]1CCC[C@@H]2[C@H](Br)[C@@H]21. The number of hydrogen-bond donors (Lipinski definition) is 1. The van der Waals surface area contributed by atoms with Gasteiger partial charge in [0.05, 0.1) is 6.10 Å². The Morgan fingerprint density at radius 3 is 2.67 bits per heavy atom. The van der Waals surface area contributed by atoms with Crippen LogP contribution in [0.1, 0.15) is 19.3 Å². The van der Waals surface area contributed by atoms with Gasteiger partial charge in [0.15, 0.2) is 0 Å². The highest BCUT2D eigenvalue weighted by molar-refractivity contribution is 9.09. The third kappa shape index (κ3) is 0.838. The van der Waals surface area contributed by atoms with E-state index in [0.29, 0.717) is 10.7 Å². The molecule has 52 valence electrons. The highest BCUT2D eigenvalue weighted by Gasteiger charge is 2.53. The minimum absolute atomic E-state index is 0.00752. The summed E-state index contributed by atoms with van der Waals surface area (Å²) in [6.07, 6.45) is 3.60. The van der Waals surface area contributed by atoms with Crippen LogP contribution in [0.15, 0.2) is 0 Å². The molecule has 0 radical (unpaired) electrons. The predicted octanol–water partition coefficient (Wildman–Crippen LogP) is 1.54. The van der Waals surface area contributed by atoms with Gasteiger partial charge in [-0.2, -0.15) is 0 Å². The van der Waals surface area contributed by atoms with Crippen molar-refractivity contribution in [3.8, 4) is 0 Å². The quantitative estimate of drug-likeness (QED) is 0.576. The summed E-state index contributed by atoms with van der Waals surface area (Å²) < 4.78 is 0. The lowest BCUT2D eigenvalue weighted by molar-refractivity contribution is 0.116. The minimum Gasteiger partial charge on any atom is -0.393 e. The van der Waals surface area contributed by atoms with E-state index in [4.69, 9.17) is 0 Å². The van der Waals surface area contributed by atoms with E-state index in [1.807, 2.05) is 0 Å². The highest BCUT2D eigenvalue weighted by atomic mass is 79.9. The zero-order valence-corrected chi connectivity index (χ0v) is 6.84. The largest absolute Gasteiger partial charge is 0.393 e. The number of halogens is 1. The molecule has 2 heteroatoms. The summed E-state index contributed by atoms with van der Waals surface area (Å²) in [7, 11) is 0. The van der Waals surface area contributed by atoms with E-state index in [0.717, 1.165) is 12.3 Å². The number of alkyl halides is 1. The summed E-state index contributed by atoms with van der Waals surface area (Å²) in [5, 5.41) is 9.36. The maximum Gasteiger partial charge on any atom is 0.0582 e. The number of aliphatic hydroxyl groups excluding tert-OH is 1. The van der Waals surface area contributed by atoms with Crippen molar-refractivity contribution in [1.29, 1.82) is 0 Å². The molecule has 0 aromatic rings. The lowest BCUT2D eigenvalue weighted by atomic mass is 9.98. The summed E-state index contributed by atoms with van der Waals surface area (Å²) in [4.78, 5) is 0.648. The van der Waals surface area contributed by atoms with Crippen molar-refractivity contribution in [3.05, 3.63) is 0 Å². The molecule has 0 saturated heterocycles. The average Bonchev–Trinajstić information content (AvgIpc) is 2.45. The van der Waals surface area contributed by atoms with E-state index in [2.05, 4.69) is 15.9 Å². The van der Waals surface area contributed by atoms with Gasteiger partial charge >= 0.3 is 0 Å². The van der Waals surface area contributed by atoms with Gasteiger partial charge in [-0.05, 0) is 18.8 Å². The van der Waals surface area contributed by atoms with Gasteiger partial charge in [-0.3, -0.25) is 0 Å². The molecule has 0 amide bonds. The van der Waals surface area contributed by atoms with Gasteiger partial charge in [0, 0.05) is 10.7 Å². The molecule has 9 heavy (non-hydrogen) atoms. The van der Waals surface area contributed by atoms with E-state index in [1.54, 1.807) is 0 Å². The fourth-order valence-corrected chi connectivity index (χ4v) is 3.15. The Hall–Kier alpha value is 0.440. The monoisotopic (exact) mass is 190 g/mol. The molecule has 0 aromatic heterocycles. The molecule has 0 aliphatic heterocycles. The summed E-state index contributed by atoms with van der Waals surface area (Å²) in [5.74, 6) is 1.42. The van der Waals surface area contributed by atoms with Crippen molar-refractivity contribution in [2.24, 2.45) is 11.8 Å². The summed E-state index contributed by atoms with van der Waals surface area (Å²) in [6, 6.07) is 0. The lowest BCUT2D eigenvalue weighted by Gasteiger charge is -2.13. The zero-order chi connectivity index (χ0) is 6.43. The van der Waals surface area contributed by atoms with Crippen LogP contribution in [0.25, 0.3) is 0 Å². The fraction of sp³-hybridized carbons (Fsp3) is 1.00. The second-order valence-electron chi connectivity index (χ2n) is 3.18. The fourth-order valence-electron chi connectivity index (χ4n) is 1.96. The Balaban J connectivity index is 2.02. The Bertz CT molecular complexity index is 120. The molecule has 0 bridgehead atoms. The third-order valence-corrected chi connectivity index (χ3v) is 3.90. The maximum atomic E-state index is 9.36. The minimum atomic E-state index is 0.00752. The molecule has 1 nitrogen and oxygen atoms in total. The van der Waals surface area contributed by atoms with Gasteiger partial charge in [-0.1, -0.05) is 22.4 Å². The Kier molecular flexibility index (Phi) is 1.34. The molecule has 0 aromatic carbocycles. The standard InChI is InChI=1S/C7H11BrO/c8-7-4-2-1-3-5(9)6(4)7/h4-7,9H,1-3H2/t4-,5-,6-,7-/m0/s1. The smallest absolute Gasteiger partial charge is 0.0582 e. The maximum absolute atomic E-state index is 9.36. The topological polar surface area (TPSA) is 20.2 Å². The van der Waals surface area contributed by atoms with Gasteiger partial charge < -0.3 is 5.11 Å². The van der Waals surface area contributed by atoms with Gasteiger partial charge in [-0.15, -0.1) is 0 Å². The van der Waals surface area contributed by atoms with Crippen molar-refractivity contribution < 1.29 is 5.11 Å². The van der Waals surface area contributed by atoms with E-state index < -0.39 is 0 Å². The summed E-state index contributed by atoms with van der Waals surface area (Å²) in [6.45, 7) is 0. The van der Waals surface area contributed by atoms with Gasteiger partial charge in [0.2, 0.25) is 0 Å².